The number of nitrogens with zero attached hydrogens (tertiary/aromatic N) is 1. The van der Waals surface area contributed by atoms with Crippen molar-refractivity contribution in [1.29, 1.82) is 0 Å². The number of fused-ring (bicyclic) bond motifs is 3. The molecule has 2 bridgehead atoms. The summed E-state index contributed by atoms with van der Waals surface area (Å²) in [6, 6.07) is 11.4. The lowest BCUT2D eigenvalue weighted by molar-refractivity contribution is 0.0622. The third-order valence-electron chi connectivity index (χ3n) is 5.04. The van der Waals surface area contributed by atoms with E-state index in [1.807, 2.05) is 36.4 Å². The fourth-order valence-corrected chi connectivity index (χ4v) is 4.42. The van der Waals surface area contributed by atoms with Gasteiger partial charge in [-0.2, -0.15) is 0 Å². The van der Waals surface area contributed by atoms with E-state index in [0.717, 1.165) is 12.3 Å². The summed E-state index contributed by atoms with van der Waals surface area (Å²) in [6.07, 6.45) is 2.39. The van der Waals surface area contributed by atoms with E-state index in [1.165, 1.54) is 37.3 Å². The van der Waals surface area contributed by atoms with Crippen LogP contribution in [0.2, 0.25) is 0 Å². The molecule has 6 heteroatoms. The molecule has 1 N–H and O–H groups in total. The second-order valence-corrected chi connectivity index (χ2v) is 7.66. The minimum atomic E-state index is 0.00393. The Kier molecular flexibility index (Phi) is 4.63. The molecule has 1 aromatic heterocycles. The zero-order valence-electron chi connectivity index (χ0n) is 14.2. The summed E-state index contributed by atoms with van der Waals surface area (Å²) >= 11 is 1.37. The van der Waals surface area contributed by atoms with Gasteiger partial charge in [0.25, 0.3) is 5.91 Å². The molecule has 2 aromatic rings. The Morgan fingerprint density at radius 3 is 2.72 bits per heavy atom. The summed E-state index contributed by atoms with van der Waals surface area (Å²) in [6.45, 7) is 3.33. The quantitative estimate of drug-likeness (QED) is 0.890. The lowest BCUT2D eigenvalue weighted by Crippen LogP contribution is -2.57. The Labute approximate surface area is 151 Å². The third kappa shape index (κ3) is 3.65. The smallest absolute Gasteiger partial charge is 0.261 e. The number of carbonyl (C=O) groups is 1. The van der Waals surface area contributed by atoms with Crippen molar-refractivity contribution < 1.29 is 14.3 Å². The largest absolute Gasteiger partial charge is 0.497 e. The highest BCUT2D eigenvalue weighted by Crippen LogP contribution is 2.32. The number of ether oxygens (including phenoxy) is 2. The number of benzene rings is 1. The number of nitrogens with one attached hydrogen (secondary N) is 1. The molecule has 0 saturated carbocycles. The molecule has 3 saturated heterocycles. The van der Waals surface area contributed by atoms with Gasteiger partial charge in [-0.15, -0.1) is 0 Å². The van der Waals surface area contributed by atoms with Crippen molar-refractivity contribution in [2.75, 3.05) is 26.7 Å². The number of carbonyl (C=O) groups excluding carboxylic acids is 1. The van der Waals surface area contributed by atoms with Crippen LogP contribution >= 0.6 is 11.3 Å². The number of piperidine rings is 3. The summed E-state index contributed by atoms with van der Waals surface area (Å²) in [5, 5.41) is 3.92. The normalized spacial score (nSPS) is 24.8. The first-order valence-corrected chi connectivity index (χ1v) is 9.48. The SMILES string of the molecule is COc1cccc(Oc2ccc(C(=O)N[C@H]3CN4CCC3CC4)s2)c1. The van der Waals surface area contributed by atoms with Crippen molar-refractivity contribution in [2.45, 2.75) is 18.9 Å². The number of hydrogen-bond acceptors (Lipinski definition) is 5. The molecule has 1 aromatic carbocycles. The van der Waals surface area contributed by atoms with Crippen LogP contribution in [-0.2, 0) is 0 Å². The molecule has 0 aliphatic carbocycles. The summed E-state index contributed by atoms with van der Waals surface area (Å²) in [5.74, 6) is 2.07. The zero-order chi connectivity index (χ0) is 17.2. The number of amides is 1. The summed E-state index contributed by atoms with van der Waals surface area (Å²) in [4.78, 5) is 15.7. The number of methoxy groups -OCH3 is 1. The minimum Gasteiger partial charge on any atom is -0.497 e. The van der Waals surface area contributed by atoms with Gasteiger partial charge in [0.1, 0.15) is 11.5 Å². The molecule has 1 amide bonds. The molecule has 5 rings (SSSR count). The highest BCUT2D eigenvalue weighted by Gasteiger charge is 2.35. The maximum atomic E-state index is 12.6. The molecular weight excluding hydrogens is 336 g/mol. The second kappa shape index (κ2) is 7.06. The molecule has 4 heterocycles. The Bertz CT molecular complexity index is 753. The van der Waals surface area contributed by atoms with Crippen molar-refractivity contribution in [2.24, 2.45) is 5.92 Å². The van der Waals surface area contributed by atoms with Gasteiger partial charge in [0.05, 0.1) is 12.0 Å². The van der Waals surface area contributed by atoms with Gasteiger partial charge in [-0.05, 0) is 56.1 Å². The third-order valence-corrected chi connectivity index (χ3v) is 6.00. The van der Waals surface area contributed by atoms with Gasteiger partial charge in [0.15, 0.2) is 5.06 Å². The number of rotatable bonds is 5. The van der Waals surface area contributed by atoms with Crippen molar-refractivity contribution in [3.8, 4) is 16.6 Å². The topological polar surface area (TPSA) is 50.8 Å². The first-order chi connectivity index (χ1) is 12.2. The molecule has 5 nitrogen and oxygen atoms in total. The van der Waals surface area contributed by atoms with Crippen LogP contribution < -0.4 is 14.8 Å². The maximum absolute atomic E-state index is 12.6. The van der Waals surface area contributed by atoms with E-state index in [4.69, 9.17) is 9.47 Å². The Balaban J connectivity index is 1.39. The summed E-state index contributed by atoms with van der Waals surface area (Å²) in [5.41, 5.74) is 0. The molecule has 132 valence electrons. The Morgan fingerprint density at radius 2 is 2.00 bits per heavy atom. The summed E-state index contributed by atoms with van der Waals surface area (Å²) in [7, 11) is 1.63. The molecular formula is C19H22N2O3S. The van der Waals surface area contributed by atoms with E-state index >= 15 is 0 Å². The number of thiophene rings is 1. The Hall–Kier alpha value is -2.05. The zero-order valence-corrected chi connectivity index (χ0v) is 15.1. The van der Waals surface area contributed by atoms with Gasteiger partial charge >= 0.3 is 0 Å². The van der Waals surface area contributed by atoms with Crippen LogP contribution in [0.3, 0.4) is 0 Å². The van der Waals surface area contributed by atoms with Gasteiger partial charge < -0.3 is 19.7 Å². The standard InChI is InChI=1S/C19H22N2O3S/c1-23-14-3-2-4-15(11-14)24-18-6-5-17(25-18)19(22)20-16-12-21-9-7-13(16)8-10-21/h2-6,11,13,16H,7-10,12H2,1H3,(H,20,22)/t16-/m0/s1. The van der Waals surface area contributed by atoms with Gasteiger partial charge in [-0.3, -0.25) is 4.79 Å². The van der Waals surface area contributed by atoms with E-state index in [-0.39, 0.29) is 11.9 Å². The van der Waals surface area contributed by atoms with Gasteiger partial charge in [-0.25, -0.2) is 0 Å². The lowest BCUT2D eigenvalue weighted by Gasteiger charge is -2.44. The van der Waals surface area contributed by atoms with E-state index in [0.29, 0.717) is 21.6 Å². The van der Waals surface area contributed by atoms with Crippen LogP contribution in [-0.4, -0.2) is 43.6 Å². The predicted octanol–water partition coefficient (Wildman–Crippen LogP) is 3.37. The van der Waals surface area contributed by atoms with Crippen molar-refractivity contribution in [3.63, 3.8) is 0 Å². The van der Waals surface area contributed by atoms with Crippen LogP contribution in [0.4, 0.5) is 0 Å². The molecule has 25 heavy (non-hydrogen) atoms. The first-order valence-electron chi connectivity index (χ1n) is 8.66. The average molecular weight is 358 g/mol. The van der Waals surface area contributed by atoms with Gasteiger partial charge in [-0.1, -0.05) is 17.4 Å². The fourth-order valence-electron chi connectivity index (χ4n) is 3.65. The summed E-state index contributed by atoms with van der Waals surface area (Å²) < 4.78 is 11.0. The van der Waals surface area contributed by atoms with Crippen LogP contribution in [0.15, 0.2) is 36.4 Å². The maximum Gasteiger partial charge on any atom is 0.261 e. The molecule has 0 radical (unpaired) electrons. The van der Waals surface area contributed by atoms with Crippen LogP contribution in [0.25, 0.3) is 0 Å². The van der Waals surface area contributed by atoms with E-state index in [2.05, 4.69) is 10.2 Å². The lowest BCUT2D eigenvalue weighted by atomic mass is 9.84. The minimum absolute atomic E-state index is 0.00393. The second-order valence-electron chi connectivity index (χ2n) is 6.62. The number of hydrogen-bond donors (Lipinski definition) is 1. The molecule has 3 aliphatic rings. The van der Waals surface area contributed by atoms with Gasteiger partial charge in [0, 0.05) is 18.7 Å². The first kappa shape index (κ1) is 16.4. The molecule has 3 aliphatic heterocycles. The van der Waals surface area contributed by atoms with Crippen molar-refractivity contribution in [1.82, 2.24) is 10.2 Å². The fraction of sp³-hybridized carbons (Fsp3) is 0.421. The Morgan fingerprint density at radius 1 is 1.20 bits per heavy atom. The van der Waals surface area contributed by atoms with Crippen molar-refractivity contribution in [3.05, 3.63) is 41.3 Å². The highest BCUT2D eigenvalue weighted by molar-refractivity contribution is 7.15. The highest BCUT2D eigenvalue weighted by atomic mass is 32.1. The monoisotopic (exact) mass is 358 g/mol. The predicted molar refractivity (Wildman–Crippen MR) is 97.8 cm³/mol. The molecule has 3 fully saturated rings. The molecule has 0 spiro atoms. The van der Waals surface area contributed by atoms with Crippen LogP contribution in [0, 0.1) is 5.92 Å². The average Bonchev–Trinajstić information content (AvgIpc) is 3.11. The van der Waals surface area contributed by atoms with Crippen LogP contribution in [0.5, 0.6) is 16.6 Å². The van der Waals surface area contributed by atoms with E-state index < -0.39 is 0 Å². The van der Waals surface area contributed by atoms with E-state index in [1.54, 1.807) is 7.11 Å². The molecule has 1 atom stereocenters. The van der Waals surface area contributed by atoms with E-state index in [9.17, 15) is 4.79 Å². The van der Waals surface area contributed by atoms with Crippen LogP contribution in [0.1, 0.15) is 22.5 Å². The molecule has 0 unspecified atom stereocenters. The van der Waals surface area contributed by atoms with Crippen molar-refractivity contribution >= 4 is 17.2 Å². The van der Waals surface area contributed by atoms with Gasteiger partial charge in [0.2, 0.25) is 0 Å².